The van der Waals surface area contributed by atoms with Crippen molar-refractivity contribution in [2.75, 3.05) is 40.1 Å². The molecule has 418 valence electrons. The number of amides is 8. The van der Waals surface area contributed by atoms with E-state index in [9.17, 15) is 48.6 Å². The minimum Gasteiger partial charge on any atom is -0.505 e. The van der Waals surface area contributed by atoms with Crippen LogP contribution in [0.1, 0.15) is 68.4 Å². The summed E-state index contributed by atoms with van der Waals surface area (Å²) in [5.41, 5.74) is -3.55. The van der Waals surface area contributed by atoms with E-state index in [1.165, 1.54) is 63.8 Å². The Balaban J connectivity index is 1.09. The van der Waals surface area contributed by atoms with E-state index < -0.39 is 164 Å². The molecule has 12 atom stereocenters. The van der Waals surface area contributed by atoms with Crippen molar-refractivity contribution in [3.63, 3.8) is 0 Å². The maximum absolute atomic E-state index is 15.5. The first-order valence-corrected chi connectivity index (χ1v) is 27.6. The van der Waals surface area contributed by atoms with Crippen LogP contribution in [0.5, 0.6) is 11.5 Å². The van der Waals surface area contributed by atoms with E-state index in [1.54, 1.807) is 69.3 Å². The molecule has 2 spiro atoms. The molecule has 6 N–H and O–H groups in total. The highest BCUT2D eigenvalue weighted by Crippen LogP contribution is 2.55. The van der Waals surface area contributed by atoms with E-state index >= 15 is 9.59 Å². The van der Waals surface area contributed by atoms with Crippen LogP contribution in [0.15, 0.2) is 60.7 Å². The molecule has 10 rings (SSSR count). The van der Waals surface area contributed by atoms with E-state index in [-0.39, 0.29) is 18.6 Å². The molecule has 4 aliphatic heterocycles. The second kappa shape index (κ2) is 21.5. The van der Waals surface area contributed by atoms with Gasteiger partial charge >= 0.3 is 11.9 Å². The molecule has 24 nitrogen and oxygen atoms in total. The van der Waals surface area contributed by atoms with Crippen LogP contribution in [0.4, 0.5) is 0 Å². The van der Waals surface area contributed by atoms with E-state index in [2.05, 4.69) is 31.2 Å². The Labute approximate surface area is 461 Å². The lowest BCUT2D eigenvalue weighted by atomic mass is 10.1. The summed E-state index contributed by atoms with van der Waals surface area (Å²) in [5, 5.41) is 32.1. The van der Waals surface area contributed by atoms with Crippen LogP contribution in [0, 0.1) is 11.8 Å². The van der Waals surface area contributed by atoms with Crippen molar-refractivity contribution in [1.29, 1.82) is 0 Å². The second-order valence-electron chi connectivity index (χ2n) is 20.8. The van der Waals surface area contributed by atoms with E-state index in [1.807, 2.05) is 0 Å². The van der Waals surface area contributed by atoms with Gasteiger partial charge in [0.25, 0.3) is 11.8 Å². The fraction of sp³-hybridized carbons (Fsp3) is 0.472. The third kappa shape index (κ3) is 10.2. The lowest BCUT2D eigenvalue weighted by Crippen LogP contribution is -2.66. The Kier molecular flexibility index (Phi) is 15.2. The molecule has 4 saturated heterocycles. The zero-order valence-corrected chi connectivity index (χ0v) is 46.0. The van der Waals surface area contributed by atoms with Gasteiger partial charge in [-0.25, -0.2) is 19.6 Å². The number of esters is 2. The van der Waals surface area contributed by atoms with Crippen molar-refractivity contribution < 1.29 is 67.6 Å². The summed E-state index contributed by atoms with van der Waals surface area (Å²) in [4.78, 5) is 159. The number of hydrogen-bond donors (Lipinski definition) is 6. The van der Waals surface area contributed by atoms with Crippen LogP contribution in [-0.4, -0.2) is 196 Å². The van der Waals surface area contributed by atoms with Gasteiger partial charge in [0, 0.05) is 37.7 Å². The van der Waals surface area contributed by atoms with E-state index in [0.29, 0.717) is 21.8 Å². The summed E-state index contributed by atoms with van der Waals surface area (Å²) in [5.74, 6) is -11.5. The highest BCUT2D eigenvalue weighted by molar-refractivity contribution is 8.17. The van der Waals surface area contributed by atoms with Gasteiger partial charge in [0.05, 0.1) is 21.0 Å². The fourth-order valence-electron chi connectivity index (χ4n) is 10.7. The van der Waals surface area contributed by atoms with E-state index in [4.69, 9.17) is 9.47 Å². The van der Waals surface area contributed by atoms with Gasteiger partial charge in [-0.1, -0.05) is 50.2 Å². The third-order valence-electron chi connectivity index (χ3n) is 15.6. The fourth-order valence-corrected chi connectivity index (χ4v) is 14.2. The molecule has 6 fully saturated rings. The number of aromatic nitrogens is 2. The number of carbonyl (C=O) groups is 10. The predicted octanol–water partition coefficient (Wildman–Crippen LogP) is 0.865. The maximum atomic E-state index is 15.5. The molecule has 26 heteroatoms. The molecule has 79 heavy (non-hydrogen) atoms. The van der Waals surface area contributed by atoms with Crippen molar-refractivity contribution in [3.8, 4) is 11.5 Å². The number of nitrogens with one attached hydrogen (secondary N) is 4. The van der Waals surface area contributed by atoms with Gasteiger partial charge < -0.3 is 60.6 Å². The molecule has 6 heterocycles. The minimum atomic E-state index is -1.73. The molecule has 8 amide bonds. The number of hydrogen-bond acceptors (Lipinski definition) is 18. The molecule has 0 radical (unpaired) electrons. The molecule has 4 aromatic rings. The summed E-state index contributed by atoms with van der Waals surface area (Å²) >= 11 is 2.26. The van der Waals surface area contributed by atoms with Crippen LogP contribution < -0.4 is 21.3 Å². The van der Waals surface area contributed by atoms with Crippen LogP contribution in [0.2, 0.25) is 0 Å². The number of thioether (sulfide) groups is 2. The lowest BCUT2D eigenvalue weighted by Gasteiger charge is -2.48. The average Bonchev–Trinajstić information content (AvgIpc) is 4.51. The predicted molar refractivity (Wildman–Crippen MR) is 286 cm³/mol. The quantitative estimate of drug-likeness (QED) is 0.154. The Morgan fingerprint density at radius 2 is 1.09 bits per heavy atom. The first kappa shape index (κ1) is 56.0. The molecule has 2 aromatic heterocycles. The van der Waals surface area contributed by atoms with Crippen LogP contribution in [-0.2, 0) is 47.8 Å². The number of benzene rings is 2. The minimum absolute atomic E-state index is 0.0788. The molecule has 6 aliphatic rings. The highest BCUT2D eigenvalue weighted by Gasteiger charge is 2.68. The highest BCUT2D eigenvalue weighted by atomic mass is 32.2. The van der Waals surface area contributed by atoms with Crippen molar-refractivity contribution >= 4 is 105 Å². The Morgan fingerprint density at radius 3 is 1.56 bits per heavy atom. The molecular formula is C53H60N10O14S2. The molecule has 2 aromatic carbocycles. The molecule has 2 saturated carbocycles. The van der Waals surface area contributed by atoms with Crippen LogP contribution in [0.3, 0.4) is 0 Å². The van der Waals surface area contributed by atoms with Gasteiger partial charge in [-0.05, 0) is 69.7 Å². The SMILES string of the molecule is CC1NC(=O)C(NC(=O)c2nc3ccccc3cc2O)COC(=O)C2(CC2C)N2C(=O)C3C(SCC(C(=O)N(C)C4(CC4C)C(=O)OCC(NC(=O)c4nc5ccccc5cc4O)C(=O)NC(C)C(=O)N3C)N(C)C1=O)SC2C. The van der Waals surface area contributed by atoms with Crippen molar-refractivity contribution in [2.24, 2.45) is 11.8 Å². The number of aromatic hydroxyl groups is 2. The van der Waals surface area contributed by atoms with Gasteiger partial charge in [-0.15, -0.1) is 23.5 Å². The van der Waals surface area contributed by atoms with Gasteiger partial charge in [-0.2, -0.15) is 0 Å². The lowest BCUT2D eigenvalue weighted by molar-refractivity contribution is -0.163. The number of carbonyl (C=O) groups excluding carboxylic acids is 10. The number of cyclic esters (lactones) is 1. The summed E-state index contributed by atoms with van der Waals surface area (Å²) in [6, 6.07) is 6.74. The summed E-state index contributed by atoms with van der Waals surface area (Å²) in [6.45, 7) is 6.09. The Morgan fingerprint density at radius 1 is 0.646 bits per heavy atom. The van der Waals surface area contributed by atoms with Gasteiger partial charge in [0.15, 0.2) is 11.4 Å². The average molecular weight is 1130 g/mol. The zero-order chi connectivity index (χ0) is 57.2. The number of pyridine rings is 2. The second-order valence-corrected chi connectivity index (χ2v) is 23.7. The topological polar surface area (TPSA) is 316 Å². The largest absolute Gasteiger partial charge is 0.505 e. The number of fused-ring (bicyclic) bond motifs is 11. The van der Waals surface area contributed by atoms with Crippen molar-refractivity contribution in [1.82, 2.24) is 50.8 Å². The summed E-state index contributed by atoms with van der Waals surface area (Å²) in [7, 11) is 4.01. The van der Waals surface area contributed by atoms with Crippen LogP contribution in [0.25, 0.3) is 21.8 Å². The van der Waals surface area contributed by atoms with E-state index in [0.717, 1.165) is 26.5 Å². The maximum Gasteiger partial charge on any atom is 0.332 e. The van der Waals surface area contributed by atoms with Crippen molar-refractivity contribution in [3.05, 3.63) is 72.1 Å². The van der Waals surface area contributed by atoms with Gasteiger partial charge in [0.2, 0.25) is 35.4 Å². The molecule has 12 unspecified atom stereocenters. The Bertz CT molecular complexity index is 3240. The number of nitrogens with zero attached hydrogens (tertiary/aromatic N) is 6. The summed E-state index contributed by atoms with van der Waals surface area (Å²) in [6.07, 6.45) is 0.171. The monoisotopic (exact) mass is 1120 g/mol. The molecular weight excluding hydrogens is 1060 g/mol. The number of para-hydroxylation sites is 2. The Hall–Kier alpha value is -7.74. The standard InChI is InChI=1S/C53H60N10O14S2/c1-24-19-52(24)50(74)76-21-33(58-43(68)38-36(64)17-29-13-9-11-15-31(29)56-38)42(67)55-27(4)46(71)61(7)40-48(73)63-28(5)79-49(40)78-23-35(47(72)62(52)8)60(6)45(70)26(3)54-41(66)34(22-77-51(75)53(63)20-25(53)2)59-44(69)39-37(65)18-30-14-10-12-16-32(30)57-39/h9-18,24-28,33-35,40,49,64-65H,19-23H2,1-8H3,(H,54,66)(H,55,67)(H,58,68)(H,59,69). The first-order valence-electron chi connectivity index (χ1n) is 25.6. The zero-order valence-electron chi connectivity index (χ0n) is 44.4. The molecule has 2 aliphatic carbocycles. The number of rotatable bonds is 4. The van der Waals surface area contributed by atoms with Crippen LogP contribution >= 0.6 is 23.5 Å². The number of ether oxygens (including phenoxy) is 2. The van der Waals surface area contributed by atoms with Gasteiger partial charge in [0.1, 0.15) is 72.0 Å². The van der Waals surface area contributed by atoms with Gasteiger partial charge in [-0.3, -0.25) is 38.4 Å². The van der Waals surface area contributed by atoms with Crippen molar-refractivity contribution in [2.45, 2.75) is 105 Å². The molecule has 4 bridgehead atoms. The smallest absolute Gasteiger partial charge is 0.332 e. The first-order chi connectivity index (χ1) is 37.4. The number of likely N-dealkylation sites (N-methyl/N-ethyl adjacent to an activating group) is 3. The third-order valence-corrected chi connectivity index (χ3v) is 18.6. The normalized spacial score (nSPS) is 31.2. The summed E-state index contributed by atoms with van der Waals surface area (Å²) < 4.78 is 10.8.